The van der Waals surface area contributed by atoms with Crippen LogP contribution in [0.25, 0.3) is 5.57 Å². The highest BCUT2D eigenvalue weighted by atomic mass is 15.6. The molecule has 0 saturated heterocycles. The van der Waals surface area contributed by atoms with E-state index in [9.17, 15) is 0 Å². The Morgan fingerprint density at radius 2 is 1.85 bits per heavy atom. The maximum Gasteiger partial charge on any atom is 0.258 e. The van der Waals surface area contributed by atoms with Crippen LogP contribution in [0.2, 0.25) is 0 Å². The van der Waals surface area contributed by atoms with Gasteiger partial charge in [0.15, 0.2) is 6.17 Å². The number of fused-ring (bicyclic) bond motifs is 5. The standard InChI is InChI=1S/C23H30N3/c1-8-23(9-2)17(5)18-11-10-15(3)13-20(18)26(7)21-19(25(6)22(23)26)12-16(4)14-24-21/h10-14,22H,5,8-9H2,1-4,6-7H3/q+1. The summed E-state index contributed by atoms with van der Waals surface area (Å²) >= 11 is 0. The van der Waals surface area contributed by atoms with Gasteiger partial charge in [0.05, 0.1) is 12.5 Å². The van der Waals surface area contributed by atoms with E-state index in [0.29, 0.717) is 0 Å². The number of aryl methyl sites for hydroxylation is 2. The number of benzene rings is 1. The van der Waals surface area contributed by atoms with E-state index in [2.05, 4.69) is 77.5 Å². The summed E-state index contributed by atoms with van der Waals surface area (Å²) in [5.74, 6) is 1.16. The molecular weight excluding hydrogens is 318 g/mol. The Morgan fingerprint density at radius 3 is 2.50 bits per heavy atom. The Balaban J connectivity index is 2.13. The van der Waals surface area contributed by atoms with Crippen molar-refractivity contribution in [1.82, 2.24) is 9.47 Å². The monoisotopic (exact) mass is 348 g/mol. The van der Waals surface area contributed by atoms with Crippen LogP contribution in [0, 0.1) is 19.3 Å². The Kier molecular flexibility index (Phi) is 3.61. The smallest absolute Gasteiger partial charge is 0.258 e. The van der Waals surface area contributed by atoms with Gasteiger partial charge in [-0.25, -0.2) is 9.47 Å². The van der Waals surface area contributed by atoms with Crippen LogP contribution < -0.4 is 9.38 Å². The molecule has 2 unspecified atom stereocenters. The van der Waals surface area contributed by atoms with Gasteiger partial charge in [-0.05, 0) is 55.5 Å². The molecule has 3 heteroatoms. The molecule has 26 heavy (non-hydrogen) atoms. The third-order valence-corrected chi connectivity index (χ3v) is 7.00. The molecule has 2 atom stereocenters. The average Bonchev–Trinajstić information content (AvgIpc) is 2.85. The van der Waals surface area contributed by atoms with Crippen molar-refractivity contribution >= 4 is 22.8 Å². The van der Waals surface area contributed by atoms with Crippen LogP contribution >= 0.6 is 0 Å². The minimum atomic E-state index is 0.0281. The number of hydrogen-bond donors (Lipinski definition) is 0. The molecule has 0 fully saturated rings. The SMILES string of the molecule is C=C1c2ccc(C)cc2[N+]2(C)c3ncc(C)cc3N(C)C2C1(CC)CC. The van der Waals surface area contributed by atoms with Crippen molar-refractivity contribution in [3.8, 4) is 0 Å². The number of rotatable bonds is 2. The second-order valence-corrected chi connectivity index (χ2v) is 8.28. The van der Waals surface area contributed by atoms with Crippen LogP contribution in [0.15, 0.2) is 37.0 Å². The number of aromatic nitrogens is 1. The van der Waals surface area contributed by atoms with Crippen molar-refractivity contribution in [1.29, 1.82) is 0 Å². The third-order valence-electron chi connectivity index (χ3n) is 7.00. The summed E-state index contributed by atoms with van der Waals surface area (Å²) in [4.78, 5) is 7.42. The first-order valence-electron chi connectivity index (χ1n) is 9.68. The normalized spacial score (nSPS) is 25.7. The van der Waals surface area contributed by atoms with Crippen LogP contribution in [-0.4, -0.2) is 25.2 Å². The summed E-state index contributed by atoms with van der Waals surface area (Å²) in [7, 11) is 4.59. The van der Waals surface area contributed by atoms with Crippen LogP contribution in [0.4, 0.5) is 17.2 Å². The maximum atomic E-state index is 4.95. The van der Waals surface area contributed by atoms with E-state index in [-0.39, 0.29) is 11.6 Å². The fourth-order valence-electron chi connectivity index (χ4n) is 5.62. The summed E-state index contributed by atoms with van der Waals surface area (Å²) < 4.78 is 0.740. The fourth-order valence-corrected chi connectivity index (χ4v) is 5.62. The topological polar surface area (TPSA) is 16.1 Å². The van der Waals surface area contributed by atoms with Crippen LogP contribution in [-0.2, 0) is 0 Å². The molecule has 0 aliphatic carbocycles. The van der Waals surface area contributed by atoms with Gasteiger partial charge < -0.3 is 4.90 Å². The van der Waals surface area contributed by atoms with Crippen molar-refractivity contribution < 1.29 is 0 Å². The second kappa shape index (κ2) is 5.43. The number of pyridine rings is 1. The minimum absolute atomic E-state index is 0.0281. The highest BCUT2D eigenvalue weighted by molar-refractivity contribution is 5.89. The van der Waals surface area contributed by atoms with Crippen molar-refractivity contribution in [3.05, 3.63) is 53.7 Å². The first kappa shape index (κ1) is 17.3. The highest BCUT2D eigenvalue weighted by Gasteiger charge is 2.63. The molecule has 2 aliphatic heterocycles. The van der Waals surface area contributed by atoms with Gasteiger partial charge in [0.25, 0.3) is 5.82 Å². The Hall–Kier alpha value is -2.13. The van der Waals surface area contributed by atoms with Gasteiger partial charge in [-0.3, -0.25) is 0 Å². The lowest BCUT2D eigenvalue weighted by Crippen LogP contribution is -2.63. The molecule has 3 nitrogen and oxygen atoms in total. The van der Waals surface area contributed by atoms with E-state index >= 15 is 0 Å². The summed E-state index contributed by atoms with van der Waals surface area (Å²) in [6.45, 7) is 13.6. The Morgan fingerprint density at radius 1 is 1.15 bits per heavy atom. The summed E-state index contributed by atoms with van der Waals surface area (Å²) in [6, 6.07) is 9.13. The molecular formula is C23H30N3+. The molecule has 1 aromatic heterocycles. The predicted octanol–water partition coefficient (Wildman–Crippen LogP) is 5.58. The van der Waals surface area contributed by atoms with Crippen molar-refractivity contribution in [2.75, 3.05) is 19.0 Å². The zero-order valence-electron chi connectivity index (χ0n) is 16.9. The number of quaternary nitrogens is 1. The first-order chi connectivity index (χ1) is 12.3. The van der Waals surface area contributed by atoms with E-state index < -0.39 is 0 Å². The predicted molar refractivity (Wildman–Crippen MR) is 112 cm³/mol. The van der Waals surface area contributed by atoms with Gasteiger partial charge in [0.1, 0.15) is 11.4 Å². The quantitative estimate of drug-likeness (QED) is 0.659. The molecule has 0 saturated carbocycles. The van der Waals surface area contributed by atoms with Gasteiger partial charge in [0, 0.05) is 24.9 Å². The molecule has 0 radical (unpaired) electrons. The molecule has 0 spiro atoms. The van der Waals surface area contributed by atoms with E-state index in [1.165, 1.54) is 33.6 Å². The van der Waals surface area contributed by atoms with E-state index in [4.69, 9.17) is 4.98 Å². The van der Waals surface area contributed by atoms with E-state index in [0.717, 1.165) is 23.1 Å². The fraction of sp³-hybridized carbons (Fsp3) is 0.435. The molecule has 2 aliphatic rings. The molecule has 0 bridgehead atoms. The number of nitrogens with zero attached hydrogens (tertiary/aromatic N) is 3. The maximum absolute atomic E-state index is 4.95. The molecule has 4 rings (SSSR count). The second-order valence-electron chi connectivity index (χ2n) is 8.28. The molecule has 136 valence electrons. The van der Waals surface area contributed by atoms with Crippen LogP contribution in [0.5, 0.6) is 0 Å². The van der Waals surface area contributed by atoms with E-state index in [1.54, 1.807) is 0 Å². The minimum Gasteiger partial charge on any atom is -0.318 e. The third kappa shape index (κ3) is 1.84. The van der Waals surface area contributed by atoms with Gasteiger partial charge in [0.2, 0.25) is 0 Å². The zero-order valence-corrected chi connectivity index (χ0v) is 16.9. The van der Waals surface area contributed by atoms with Gasteiger partial charge in [-0.15, -0.1) is 0 Å². The van der Waals surface area contributed by atoms with Gasteiger partial charge in [-0.1, -0.05) is 26.5 Å². The lowest BCUT2D eigenvalue weighted by Gasteiger charge is -2.52. The van der Waals surface area contributed by atoms with Gasteiger partial charge in [-0.2, -0.15) is 0 Å². The van der Waals surface area contributed by atoms with Crippen molar-refractivity contribution in [2.45, 2.75) is 46.7 Å². The van der Waals surface area contributed by atoms with Gasteiger partial charge >= 0.3 is 0 Å². The van der Waals surface area contributed by atoms with Crippen LogP contribution in [0.1, 0.15) is 43.4 Å². The number of hydrogen-bond acceptors (Lipinski definition) is 2. The molecule has 0 N–H and O–H groups in total. The first-order valence-corrected chi connectivity index (χ1v) is 9.68. The molecule has 1 aromatic carbocycles. The zero-order chi connectivity index (χ0) is 18.9. The average molecular weight is 349 g/mol. The molecule has 0 amide bonds. The summed E-state index contributed by atoms with van der Waals surface area (Å²) in [6.07, 6.45) is 4.44. The summed E-state index contributed by atoms with van der Waals surface area (Å²) in [5, 5.41) is 0. The van der Waals surface area contributed by atoms with Crippen molar-refractivity contribution in [3.63, 3.8) is 0 Å². The highest BCUT2D eigenvalue weighted by Crippen LogP contribution is 2.62. The molecule has 3 heterocycles. The Labute approximate surface area is 157 Å². The Bertz CT molecular complexity index is 910. The van der Waals surface area contributed by atoms with E-state index in [1.807, 2.05) is 6.20 Å². The lowest BCUT2D eigenvalue weighted by molar-refractivity contribution is 0.171. The largest absolute Gasteiger partial charge is 0.318 e. The van der Waals surface area contributed by atoms with Crippen LogP contribution in [0.3, 0.4) is 0 Å². The van der Waals surface area contributed by atoms with Crippen molar-refractivity contribution in [2.24, 2.45) is 5.41 Å². The summed E-state index contributed by atoms with van der Waals surface area (Å²) in [5.41, 5.74) is 7.71. The molecule has 2 aromatic rings. The lowest BCUT2D eigenvalue weighted by atomic mass is 9.66. The number of anilines is 1.